The van der Waals surface area contributed by atoms with Crippen LogP contribution < -0.4 is 5.32 Å². The summed E-state index contributed by atoms with van der Waals surface area (Å²) in [6, 6.07) is 15.1. The van der Waals surface area contributed by atoms with Gasteiger partial charge in [-0.1, -0.05) is 36.4 Å². The molecule has 2 aromatic carbocycles. The second-order valence-electron chi connectivity index (χ2n) is 5.01. The molecule has 4 nitrogen and oxygen atoms in total. The zero-order chi connectivity index (χ0) is 16.7. The zero-order valence-corrected chi connectivity index (χ0v) is 14.0. The van der Waals surface area contributed by atoms with E-state index in [1.54, 1.807) is 11.8 Å². The van der Waals surface area contributed by atoms with Gasteiger partial charge >= 0.3 is 5.97 Å². The highest BCUT2D eigenvalue weighted by Gasteiger charge is 2.12. The molecule has 0 fully saturated rings. The number of nitrogens with one attached hydrogen (secondary N) is 1. The summed E-state index contributed by atoms with van der Waals surface area (Å²) < 4.78 is 5.13. The Morgan fingerprint density at radius 1 is 1.13 bits per heavy atom. The number of hydrogen-bond acceptors (Lipinski definition) is 4. The molecule has 0 atom stereocenters. The Kier molecular flexibility index (Phi) is 6.23. The number of aryl methyl sites for hydroxylation is 1. The van der Waals surface area contributed by atoms with Crippen molar-refractivity contribution >= 4 is 23.6 Å². The van der Waals surface area contributed by atoms with Crippen LogP contribution in [0, 0.1) is 6.92 Å². The third-order valence-electron chi connectivity index (χ3n) is 3.33. The average Bonchev–Trinajstić information content (AvgIpc) is 2.59. The second kappa shape index (κ2) is 8.39. The Morgan fingerprint density at radius 3 is 2.57 bits per heavy atom. The van der Waals surface area contributed by atoms with Crippen molar-refractivity contribution in [1.82, 2.24) is 5.32 Å². The fraction of sp³-hybridized carbons (Fsp3) is 0.222. The van der Waals surface area contributed by atoms with Crippen LogP contribution in [0.4, 0.5) is 0 Å². The van der Waals surface area contributed by atoms with Crippen LogP contribution in [0.1, 0.15) is 21.5 Å². The van der Waals surface area contributed by atoms with Crippen LogP contribution in [-0.4, -0.2) is 24.7 Å². The maximum Gasteiger partial charge on any atom is 0.325 e. The van der Waals surface area contributed by atoms with Gasteiger partial charge in [0.2, 0.25) is 0 Å². The summed E-state index contributed by atoms with van der Waals surface area (Å²) in [4.78, 5) is 24.9. The van der Waals surface area contributed by atoms with Crippen LogP contribution >= 0.6 is 11.8 Å². The van der Waals surface area contributed by atoms with E-state index in [1.165, 1.54) is 0 Å². The predicted molar refractivity (Wildman–Crippen MR) is 91.5 cm³/mol. The summed E-state index contributed by atoms with van der Waals surface area (Å²) in [5.74, 6) is -0.726. The number of amides is 1. The molecule has 1 amide bonds. The number of rotatable bonds is 6. The van der Waals surface area contributed by atoms with Gasteiger partial charge in [-0.3, -0.25) is 9.59 Å². The third kappa shape index (κ3) is 5.14. The van der Waals surface area contributed by atoms with Crippen LogP contribution in [0.15, 0.2) is 53.4 Å². The number of hydrogen-bond donors (Lipinski definition) is 1. The van der Waals surface area contributed by atoms with Gasteiger partial charge < -0.3 is 10.1 Å². The molecule has 0 bridgehead atoms. The SMILES string of the molecule is CSc1ccc(C)c(C(=O)NCC(=O)OCc2ccccc2)c1. The first-order valence-electron chi connectivity index (χ1n) is 7.22. The minimum absolute atomic E-state index is 0.144. The van der Waals surface area contributed by atoms with Crippen molar-refractivity contribution in [3.05, 3.63) is 65.2 Å². The summed E-state index contributed by atoms with van der Waals surface area (Å²) in [6.07, 6.45) is 1.95. The van der Waals surface area contributed by atoms with Crippen molar-refractivity contribution in [2.45, 2.75) is 18.4 Å². The molecule has 0 saturated carbocycles. The molecular formula is C18H19NO3S. The zero-order valence-electron chi connectivity index (χ0n) is 13.2. The molecule has 0 aromatic heterocycles. The highest BCUT2D eigenvalue weighted by molar-refractivity contribution is 7.98. The molecule has 0 aliphatic heterocycles. The smallest absolute Gasteiger partial charge is 0.325 e. The first-order valence-corrected chi connectivity index (χ1v) is 8.45. The van der Waals surface area contributed by atoms with Crippen molar-refractivity contribution in [2.75, 3.05) is 12.8 Å². The molecule has 0 unspecified atom stereocenters. The highest BCUT2D eigenvalue weighted by Crippen LogP contribution is 2.18. The van der Waals surface area contributed by atoms with Gasteiger partial charge in [0.05, 0.1) is 0 Å². The van der Waals surface area contributed by atoms with Crippen LogP contribution in [0.5, 0.6) is 0 Å². The quantitative estimate of drug-likeness (QED) is 0.653. The minimum Gasteiger partial charge on any atom is -0.460 e. The summed E-state index contributed by atoms with van der Waals surface area (Å²) in [6.45, 7) is 1.93. The first-order chi connectivity index (χ1) is 11.1. The lowest BCUT2D eigenvalue weighted by Gasteiger charge is -2.09. The maximum absolute atomic E-state index is 12.2. The largest absolute Gasteiger partial charge is 0.460 e. The summed E-state index contributed by atoms with van der Waals surface area (Å²) in [5, 5.41) is 2.60. The Labute approximate surface area is 140 Å². The average molecular weight is 329 g/mol. The van der Waals surface area contributed by atoms with Gasteiger partial charge in [-0.05, 0) is 36.4 Å². The number of ether oxygens (including phenoxy) is 1. The highest BCUT2D eigenvalue weighted by atomic mass is 32.2. The lowest BCUT2D eigenvalue weighted by Crippen LogP contribution is -2.31. The molecule has 23 heavy (non-hydrogen) atoms. The summed E-state index contributed by atoms with van der Waals surface area (Å²) >= 11 is 1.57. The van der Waals surface area contributed by atoms with E-state index in [-0.39, 0.29) is 19.1 Å². The molecule has 5 heteroatoms. The van der Waals surface area contributed by atoms with E-state index in [2.05, 4.69) is 5.32 Å². The molecule has 2 aromatic rings. The van der Waals surface area contributed by atoms with Crippen molar-refractivity contribution in [2.24, 2.45) is 0 Å². The minimum atomic E-state index is -0.458. The number of carbonyl (C=O) groups is 2. The third-order valence-corrected chi connectivity index (χ3v) is 4.05. The molecule has 120 valence electrons. The molecule has 2 rings (SSSR count). The fourth-order valence-corrected chi connectivity index (χ4v) is 2.45. The molecule has 0 aliphatic carbocycles. The van der Waals surface area contributed by atoms with Gasteiger partial charge in [0.15, 0.2) is 0 Å². The lowest BCUT2D eigenvalue weighted by molar-refractivity contribution is -0.143. The normalized spacial score (nSPS) is 10.2. The Bertz CT molecular complexity index is 686. The molecule has 0 aliphatic rings. The van der Waals surface area contributed by atoms with Gasteiger partial charge in [-0.15, -0.1) is 11.8 Å². The van der Waals surface area contributed by atoms with Crippen LogP contribution in [-0.2, 0) is 16.1 Å². The Morgan fingerprint density at radius 2 is 1.87 bits per heavy atom. The first kappa shape index (κ1) is 17.1. The second-order valence-corrected chi connectivity index (χ2v) is 5.89. The van der Waals surface area contributed by atoms with Crippen molar-refractivity contribution in [3.8, 4) is 0 Å². The van der Waals surface area contributed by atoms with Crippen LogP contribution in [0.3, 0.4) is 0 Å². The molecule has 0 spiro atoms. The van der Waals surface area contributed by atoms with E-state index in [9.17, 15) is 9.59 Å². The number of carbonyl (C=O) groups excluding carboxylic acids is 2. The van der Waals surface area contributed by atoms with E-state index < -0.39 is 5.97 Å². The molecule has 0 saturated heterocycles. The number of esters is 1. The molecule has 0 heterocycles. The molecule has 0 radical (unpaired) electrons. The summed E-state index contributed by atoms with van der Waals surface area (Å²) in [5.41, 5.74) is 2.36. The molecular weight excluding hydrogens is 310 g/mol. The van der Waals surface area contributed by atoms with Gasteiger partial charge in [0.1, 0.15) is 13.2 Å². The standard InChI is InChI=1S/C18H19NO3S/c1-13-8-9-15(23-2)10-16(13)18(21)19-11-17(20)22-12-14-6-4-3-5-7-14/h3-10H,11-12H2,1-2H3,(H,19,21). The maximum atomic E-state index is 12.2. The Hall–Kier alpha value is -2.27. The van der Waals surface area contributed by atoms with E-state index in [0.717, 1.165) is 16.0 Å². The fourth-order valence-electron chi connectivity index (χ4n) is 2.01. The van der Waals surface area contributed by atoms with E-state index in [1.807, 2.05) is 61.7 Å². The van der Waals surface area contributed by atoms with Crippen molar-refractivity contribution in [1.29, 1.82) is 0 Å². The van der Waals surface area contributed by atoms with Gasteiger partial charge in [0.25, 0.3) is 5.91 Å². The lowest BCUT2D eigenvalue weighted by atomic mass is 10.1. The van der Waals surface area contributed by atoms with Gasteiger partial charge in [-0.2, -0.15) is 0 Å². The van der Waals surface area contributed by atoms with Gasteiger partial charge in [-0.25, -0.2) is 0 Å². The van der Waals surface area contributed by atoms with Crippen LogP contribution in [0.25, 0.3) is 0 Å². The van der Waals surface area contributed by atoms with E-state index in [0.29, 0.717) is 5.56 Å². The van der Waals surface area contributed by atoms with E-state index >= 15 is 0 Å². The predicted octanol–water partition coefficient (Wildman–Crippen LogP) is 3.19. The number of thioether (sulfide) groups is 1. The van der Waals surface area contributed by atoms with Crippen molar-refractivity contribution in [3.63, 3.8) is 0 Å². The van der Waals surface area contributed by atoms with E-state index in [4.69, 9.17) is 4.74 Å². The Balaban J connectivity index is 1.85. The van der Waals surface area contributed by atoms with Gasteiger partial charge in [0, 0.05) is 10.5 Å². The molecule has 1 N–H and O–H groups in total. The van der Waals surface area contributed by atoms with Crippen molar-refractivity contribution < 1.29 is 14.3 Å². The summed E-state index contributed by atoms with van der Waals surface area (Å²) in [7, 11) is 0. The topological polar surface area (TPSA) is 55.4 Å². The number of benzene rings is 2. The monoisotopic (exact) mass is 329 g/mol. The van der Waals surface area contributed by atoms with Crippen LogP contribution in [0.2, 0.25) is 0 Å².